The summed E-state index contributed by atoms with van der Waals surface area (Å²) < 4.78 is 5.40. The molecule has 0 spiro atoms. The van der Waals surface area contributed by atoms with E-state index in [9.17, 15) is 9.59 Å². The van der Waals surface area contributed by atoms with Crippen molar-refractivity contribution < 1.29 is 9.53 Å². The number of carbonyl (C=O) groups excluding carboxylic acids is 1. The number of pyridine rings is 1. The first-order chi connectivity index (χ1) is 13.6. The van der Waals surface area contributed by atoms with E-state index in [0.717, 1.165) is 5.39 Å². The van der Waals surface area contributed by atoms with E-state index in [-0.39, 0.29) is 24.7 Å². The normalized spacial score (nSPS) is 11.0. The van der Waals surface area contributed by atoms with Crippen molar-refractivity contribution in [3.05, 3.63) is 75.9 Å². The molecule has 140 valence electrons. The number of anilines is 1. The van der Waals surface area contributed by atoms with Crippen LogP contribution in [0.15, 0.2) is 59.5 Å². The highest BCUT2D eigenvalue weighted by Crippen LogP contribution is 2.26. The van der Waals surface area contributed by atoms with Gasteiger partial charge in [0.15, 0.2) is 0 Å². The molecule has 0 aliphatic heterocycles. The van der Waals surface area contributed by atoms with Crippen molar-refractivity contribution in [2.24, 2.45) is 0 Å². The van der Waals surface area contributed by atoms with Crippen LogP contribution in [0, 0.1) is 0 Å². The Balaban J connectivity index is 1.42. The first-order valence-electron chi connectivity index (χ1n) is 8.50. The summed E-state index contributed by atoms with van der Waals surface area (Å²) in [4.78, 5) is 35.5. The molecule has 2 N–H and O–H groups in total. The van der Waals surface area contributed by atoms with E-state index in [1.54, 1.807) is 48.7 Å². The van der Waals surface area contributed by atoms with E-state index in [0.29, 0.717) is 33.0 Å². The lowest BCUT2D eigenvalue weighted by molar-refractivity contribution is -0.121. The molecule has 0 saturated carbocycles. The topological polar surface area (TPSA) is 97.0 Å². The van der Waals surface area contributed by atoms with Crippen LogP contribution in [0.3, 0.4) is 0 Å². The minimum Gasteiger partial charge on any atom is -0.364 e. The van der Waals surface area contributed by atoms with Crippen LogP contribution < -0.4 is 10.9 Å². The van der Waals surface area contributed by atoms with E-state index < -0.39 is 0 Å². The quantitative estimate of drug-likeness (QED) is 0.541. The molecule has 0 aliphatic rings. The first-order valence-corrected chi connectivity index (χ1v) is 8.88. The number of carbonyl (C=O) groups is 1. The molecule has 0 unspecified atom stereocenters. The fourth-order valence-corrected chi connectivity index (χ4v) is 3.11. The molecule has 0 bridgehead atoms. The van der Waals surface area contributed by atoms with Gasteiger partial charge in [0.1, 0.15) is 19.0 Å². The first kappa shape index (κ1) is 18.1. The zero-order valence-electron chi connectivity index (χ0n) is 14.6. The molecule has 2 aromatic heterocycles. The summed E-state index contributed by atoms with van der Waals surface area (Å²) in [7, 11) is 0. The van der Waals surface area contributed by atoms with Crippen molar-refractivity contribution in [3.8, 4) is 0 Å². The second-order valence-electron chi connectivity index (χ2n) is 6.10. The van der Waals surface area contributed by atoms with Crippen molar-refractivity contribution in [3.63, 3.8) is 0 Å². The number of ether oxygens (including phenoxy) is 1. The van der Waals surface area contributed by atoms with Gasteiger partial charge in [0.05, 0.1) is 22.1 Å². The number of halogens is 1. The largest absolute Gasteiger partial charge is 0.364 e. The third kappa shape index (κ3) is 3.85. The van der Waals surface area contributed by atoms with Gasteiger partial charge in [-0.2, -0.15) is 0 Å². The number of amides is 1. The summed E-state index contributed by atoms with van der Waals surface area (Å²) in [5, 5.41) is 4.57. The second kappa shape index (κ2) is 7.75. The van der Waals surface area contributed by atoms with Crippen LogP contribution in [0.25, 0.3) is 21.8 Å². The maximum Gasteiger partial charge on any atom is 0.258 e. The van der Waals surface area contributed by atoms with E-state index in [4.69, 9.17) is 16.3 Å². The number of para-hydroxylation sites is 1. The molecule has 2 aromatic carbocycles. The third-order valence-electron chi connectivity index (χ3n) is 4.08. The van der Waals surface area contributed by atoms with Crippen molar-refractivity contribution in [2.75, 3.05) is 11.9 Å². The molecule has 0 aliphatic carbocycles. The average molecular weight is 395 g/mol. The highest BCUT2D eigenvalue weighted by molar-refractivity contribution is 6.32. The number of benzene rings is 2. The van der Waals surface area contributed by atoms with Gasteiger partial charge in [0, 0.05) is 16.6 Å². The number of nitrogens with zero attached hydrogens (tertiary/aromatic N) is 2. The zero-order valence-corrected chi connectivity index (χ0v) is 15.4. The fourth-order valence-electron chi connectivity index (χ4n) is 2.88. The number of aromatic amines is 1. The number of fused-ring (bicyclic) bond motifs is 2. The Morgan fingerprint density at radius 2 is 2.04 bits per heavy atom. The maximum absolute atomic E-state index is 12.2. The Morgan fingerprint density at radius 3 is 2.93 bits per heavy atom. The molecule has 4 rings (SSSR count). The zero-order chi connectivity index (χ0) is 19.5. The summed E-state index contributed by atoms with van der Waals surface area (Å²) in [5.74, 6) is -0.0104. The molecule has 8 heteroatoms. The van der Waals surface area contributed by atoms with Crippen LogP contribution in [0.4, 0.5) is 5.69 Å². The Hall–Kier alpha value is -3.29. The molecule has 1 amide bonds. The predicted molar refractivity (Wildman–Crippen MR) is 107 cm³/mol. The van der Waals surface area contributed by atoms with E-state index >= 15 is 0 Å². The molecule has 0 radical (unpaired) electrons. The van der Waals surface area contributed by atoms with E-state index in [1.807, 2.05) is 6.07 Å². The molecule has 4 aromatic rings. The summed E-state index contributed by atoms with van der Waals surface area (Å²) in [6.07, 6.45) is 1.64. The van der Waals surface area contributed by atoms with Gasteiger partial charge in [-0.3, -0.25) is 14.6 Å². The number of hydrogen-bond acceptors (Lipinski definition) is 5. The van der Waals surface area contributed by atoms with Crippen LogP contribution in [-0.4, -0.2) is 27.5 Å². The van der Waals surface area contributed by atoms with Crippen molar-refractivity contribution >= 4 is 45.0 Å². The third-order valence-corrected chi connectivity index (χ3v) is 4.30. The highest BCUT2D eigenvalue weighted by Gasteiger charge is 2.10. The van der Waals surface area contributed by atoms with Crippen LogP contribution in [0.5, 0.6) is 0 Å². The molecular formula is C20H15ClN4O3. The van der Waals surface area contributed by atoms with Gasteiger partial charge in [-0.1, -0.05) is 29.8 Å². The Morgan fingerprint density at radius 1 is 1.18 bits per heavy atom. The van der Waals surface area contributed by atoms with Crippen molar-refractivity contribution in [1.82, 2.24) is 15.0 Å². The van der Waals surface area contributed by atoms with Crippen molar-refractivity contribution in [2.45, 2.75) is 6.61 Å². The second-order valence-corrected chi connectivity index (χ2v) is 6.54. The lowest BCUT2D eigenvalue weighted by atomic mass is 10.2. The molecule has 0 saturated heterocycles. The van der Waals surface area contributed by atoms with Crippen LogP contribution in [-0.2, 0) is 16.1 Å². The molecule has 28 heavy (non-hydrogen) atoms. The molecule has 0 atom stereocenters. The standard InChI is InChI=1S/C20H15ClN4O3/c21-13-8-12-4-3-7-22-19(12)16(9-13)24-18(26)11-28-10-17-23-15-6-2-1-5-14(15)20(27)25-17/h1-9H,10-11H2,(H,24,26)(H,23,25,27). The van der Waals surface area contributed by atoms with Gasteiger partial charge in [0.2, 0.25) is 5.91 Å². The maximum atomic E-state index is 12.2. The lowest BCUT2D eigenvalue weighted by Crippen LogP contribution is -2.20. The van der Waals surface area contributed by atoms with E-state index in [1.165, 1.54) is 0 Å². The molecule has 0 fully saturated rings. The molecule has 7 nitrogen and oxygen atoms in total. The van der Waals surface area contributed by atoms with Gasteiger partial charge < -0.3 is 15.0 Å². The van der Waals surface area contributed by atoms with Gasteiger partial charge in [-0.25, -0.2) is 4.98 Å². The smallest absolute Gasteiger partial charge is 0.258 e. The lowest BCUT2D eigenvalue weighted by Gasteiger charge is -2.09. The summed E-state index contributed by atoms with van der Waals surface area (Å²) >= 11 is 6.10. The van der Waals surface area contributed by atoms with Crippen LogP contribution in [0.1, 0.15) is 5.82 Å². The minimum absolute atomic E-state index is 0.00202. The number of H-pyrrole nitrogens is 1. The number of rotatable bonds is 5. The summed E-state index contributed by atoms with van der Waals surface area (Å²) in [6.45, 7) is -0.209. The fraction of sp³-hybridized carbons (Fsp3) is 0.100. The monoisotopic (exact) mass is 394 g/mol. The van der Waals surface area contributed by atoms with Crippen LogP contribution >= 0.6 is 11.6 Å². The number of nitrogens with one attached hydrogen (secondary N) is 2. The minimum atomic E-state index is -0.364. The molecule has 2 heterocycles. The van der Waals surface area contributed by atoms with Crippen LogP contribution in [0.2, 0.25) is 5.02 Å². The van der Waals surface area contributed by atoms with Gasteiger partial charge in [0.25, 0.3) is 5.56 Å². The summed E-state index contributed by atoms with van der Waals surface area (Å²) in [6, 6.07) is 14.1. The number of aromatic nitrogens is 3. The highest BCUT2D eigenvalue weighted by atomic mass is 35.5. The number of hydrogen-bond donors (Lipinski definition) is 2. The average Bonchev–Trinajstić information content (AvgIpc) is 2.68. The van der Waals surface area contributed by atoms with Gasteiger partial charge in [-0.15, -0.1) is 0 Å². The van der Waals surface area contributed by atoms with Gasteiger partial charge in [-0.05, 0) is 30.3 Å². The Kier molecular flexibility index (Phi) is 5.01. The SMILES string of the molecule is O=C(COCc1nc2ccccc2c(=O)[nH]1)Nc1cc(Cl)cc2cccnc12. The Bertz CT molecular complexity index is 1240. The summed E-state index contributed by atoms with van der Waals surface area (Å²) in [5.41, 5.74) is 1.48. The van der Waals surface area contributed by atoms with Crippen molar-refractivity contribution in [1.29, 1.82) is 0 Å². The Labute approximate surface area is 164 Å². The predicted octanol–water partition coefficient (Wildman–Crippen LogP) is 3.28. The van der Waals surface area contributed by atoms with E-state index in [2.05, 4.69) is 20.3 Å². The molecular weight excluding hydrogens is 380 g/mol. The van der Waals surface area contributed by atoms with Gasteiger partial charge >= 0.3 is 0 Å².